The number of benzene rings is 1. The Kier molecular flexibility index (Phi) is 7.24. The smallest absolute Gasteiger partial charge is 0.170 e. The van der Waals surface area contributed by atoms with Crippen LogP contribution in [0.1, 0.15) is 17.0 Å². The molecule has 0 spiro atoms. The van der Waals surface area contributed by atoms with Crippen molar-refractivity contribution in [3.05, 3.63) is 56.3 Å². The highest BCUT2D eigenvalue weighted by molar-refractivity contribution is 9.10. The van der Waals surface area contributed by atoms with Gasteiger partial charge in [-0.1, -0.05) is 6.07 Å². The van der Waals surface area contributed by atoms with Crippen molar-refractivity contribution in [1.29, 1.82) is 5.41 Å². The highest BCUT2D eigenvalue weighted by atomic mass is 79.9. The Bertz CT molecular complexity index is 842. The number of nitrogens with one attached hydrogen (secondary N) is 1. The molecule has 3 aromatic rings. The molecular formula is C15H14BrFN4O2S2. The van der Waals surface area contributed by atoms with Gasteiger partial charge in [0.2, 0.25) is 0 Å². The molecule has 3 N–H and O–H groups in total. The van der Waals surface area contributed by atoms with Crippen LogP contribution in [0.2, 0.25) is 0 Å². The van der Waals surface area contributed by atoms with Crippen molar-refractivity contribution in [2.45, 2.75) is 17.9 Å². The molecule has 0 aliphatic carbocycles. The van der Waals surface area contributed by atoms with Crippen molar-refractivity contribution in [2.24, 2.45) is 0 Å². The van der Waals surface area contributed by atoms with Crippen LogP contribution in [-0.2, 0) is 12.8 Å². The van der Waals surface area contributed by atoms with Gasteiger partial charge in [-0.25, -0.2) is 14.0 Å². The second-order valence-electron chi connectivity index (χ2n) is 4.90. The molecule has 1 aromatic carbocycles. The van der Waals surface area contributed by atoms with E-state index in [4.69, 9.17) is 10.0 Å². The normalized spacial score (nSPS) is 10.5. The molecule has 0 atom stereocenters. The molecule has 0 aliphatic heterocycles. The maximum absolute atomic E-state index is 13.3. The number of hydrogen-bond donors (Lipinski definition) is 1. The van der Waals surface area contributed by atoms with Gasteiger partial charge in [0.05, 0.1) is 21.4 Å². The first kappa shape index (κ1) is 19.7. The average Bonchev–Trinajstić information content (AvgIpc) is 3.22. The van der Waals surface area contributed by atoms with Gasteiger partial charge < -0.3 is 10.9 Å². The molecule has 2 heterocycles. The Morgan fingerprint density at radius 3 is 2.92 bits per heavy atom. The predicted molar refractivity (Wildman–Crippen MR) is 99.1 cm³/mol. The number of nitrogens with zero attached hydrogens (tertiary/aromatic N) is 3. The number of thioether (sulfide) groups is 1. The lowest BCUT2D eigenvalue weighted by Gasteiger charge is -2.04. The number of hydrogen-bond acceptors (Lipinski definition) is 7. The molecule has 0 saturated carbocycles. The fraction of sp³-hybridized carbons (Fsp3) is 0.200. The lowest BCUT2D eigenvalue weighted by Crippen LogP contribution is -2.06. The number of thiazole rings is 1. The van der Waals surface area contributed by atoms with E-state index in [0.717, 1.165) is 23.4 Å². The van der Waals surface area contributed by atoms with Gasteiger partial charge in [-0.15, -0.1) is 23.1 Å². The van der Waals surface area contributed by atoms with Gasteiger partial charge in [-0.3, -0.25) is 0 Å². The molecule has 2 aromatic heterocycles. The lowest BCUT2D eigenvalue weighted by molar-refractivity contribution is 0.298. The highest BCUT2D eigenvalue weighted by Crippen LogP contribution is 2.23. The molecule has 25 heavy (non-hydrogen) atoms. The van der Waals surface area contributed by atoms with Crippen LogP contribution < -0.4 is 0 Å². The quantitative estimate of drug-likeness (QED) is 0.442. The Balaban J connectivity index is 0.00000225. The van der Waals surface area contributed by atoms with Gasteiger partial charge in [0.1, 0.15) is 5.82 Å². The molecule has 0 aliphatic rings. The number of halogens is 2. The van der Waals surface area contributed by atoms with E-state index in [2.05, 4.69) is 31.2 Å². The van der Waals surface area contributed by atoms with Gasteiger partial charge in [-0.2, -0.15) is 0 Å². The molecule has 0 fully saturated rings. The topological polar surface area (TPSA) is 107 Å². The summed E-state index contributed by atoms with van der Waals surface area (Å²) in [7, 11) is 0. The van der Waals surface area contributed by atoms with Gasteiger partial charge in [-0.05, 0) is 50.4 Å². The monoisotopic (exact) mass is 444 g/mol. The van der Waals surface area contributed by atoms with E-state index in [9.17, 15) is 4.39 Å². The number of aromatic nitrogens is 3. The molecule has 0 radical (unpaired) electrons. The van der Waals surface area contributed by atoms with Crippen molar-refractivity contribution < 1.29 is 14.5 Å². The molecule has 0 amide bonds. The Morgan fingerprint density at radius 1 is 1.36 bits per heavy atom. The summed E-state index contributed by atoms with van der Waals surface area (Å²) in [5, 5.41) is 18.5. The molecule has 10 heteroatoms. The average molecular weight is 445 g/mol. The fourth-order valence-electron chi connectivity index (χ4n) is 2.01. The van der Waals surface area contributed by atoms with Crippen LogP contribution in [0, 0.1) is 11.2 Å². The Hall–Kier alpha value is -1.62. The van der Waals surface area contributed by atoms with Crippen molar-refractivity contribution in [3.8, 4) is 0 Å². The highest BCUT2D eigenvalue weighted by Gasteiger charge is 2.16. The van der Waals surface area contributed by atoms with Crippen molar-refractivity contribution in [1.82, 2.24) is 15.3 Å². The summed E-state index contributed by atoms with van der Waals surface area (Å²) >= 11 is 6.20. The summed E-state index contributed by atoms with van der Waals surface area (Å²) < 4.78 is 18.5. The number of rotatable bonds is 7. The largest absolute Gasteiger partial charge is 0.412 e. The van der Waals surface area contributed by atoms with E-state index in [1.165, 1.54) is 17.8 Å². The van der Waals surface area contributed by atoms with E-state index in [1.807, 2.05) is 5.38 Å². The summed E-state index contributed by atoms with van der Waals surface area (Å²) in [6.45, 7) is 0. The lowest BCUT2D eigenvalue weighted by atomic mass is 10.1. The van der Waals surface area contributed by atoms with Gasteiger partial charge in [0.25, 0.3) is 0 Å². The molecule has 0 unspecified atom stereocenters. The predicted octanol–water partition coefficient (Wildman–Crippen LogP) is 3.55. The third-order valence-electron chi connectivity index (χ3n) is 3.19. The Morgan fingerprint density at radius 2 is 2.20 bits per heavy atom. The third-order valence-corrected chi connectivity index (χ3v) is 5.38. The zero-order valence-corrected chi connectivity index (χ0v) is 16.0. The van der Waals surface area contributed by atoms with Gasteiger partial charge in [0, 0.05) is 17.6 Å². The summed E-state index contributed by atoms with van der Waals surface area (Å²) in [6, 6.07) is 4.68. The Labute approximate surface area is 159 Å². The zero-order valence-electron chi connectivity index (χ0n) is 12.8. The van der Waals surface area contributed by atoms with Crippen molar-refractivity contribution in [3.63, 3.8) is 0 Å². The van der Waals surface area contributed by atoms with Crippen LogP contribution >= 0.6 is 39.0 Å². The maximum atomic E-state index is 13.3. The molecule has 6 nitrogen and oxygen atoms in total. The van der Waals surface area contributed by atoms with Crippen molar-refractivity contribution >= 4 is 44.7 Å². The fourth-order valence-corrected chi connectivity index (χ4v) is 3.92. The van der Waals surface area contributed by atoms with Crippen molar-refractivity contribution in [2.75, 3.05) is 5.75 Å². The van der Waals surface area contributed by atoms with Crippen LogP contribution in [0.25, 0.3) is 0 Å². The molecule has 0 saturated heterocycles. The maximum Gasteiger partial charge on any atom is 0.170 e. The van der Waals surface area contributed by atoms with E-state index < -0.39 is 0 Å². The van der Waals surface area contributed by atoms with Crippen LogP contribution in [0.5, 0.6) is 0 Å². The van der Waals surface area contributed by atoms with E-state index in [1.54, 1.807) is 29.0 Å². The van der Waals surface area contributed by atoms with Gasteiger partial charge in [0.15, 0.2) is 10.7 Å². The minimum absolute atomic E-state index is 0. The summed E-state index contributed by atoms with van der Waals surface area (Å²) in [5.41, 5.74) is 4.37. The molecule has 0 bridgehead atoms. The standard InChI is InChI=1S/C15H12BrFN4OS2.H2O/c16-11-5-9(1-2-12(11)17)6-13(18)14-15(21-22-20-14)24-4-3-10-7-23-8-19-10;/h1-2,5,7-8,18H,3-4,6H2;1H2. The first-order valence-electron chi connectivity index (χ1n) is 6.97. The van der Waals surface area contributed by atoms with Crippen LogP contribution in [0.3, 0.4) is 0 Å². The SMILES string of the molecule is N=C(Cc1ccc(F)c(Br)c1)c1nonc1SCCc1cscn1.O. The zero-order chi connectivity index (χ0) is 16.9. The van der Waals surface area contributed by atoms with E-state index in [-0.39, 0.29) is 17.0 Å². The minimum atomic E-state index is -0.327. The van der Waals surface area contributed by atoms with E-state index in [0.29, 0.717) is 21.6 Å². The molecule has 3 rings (SSSR count). The van der Waals surface area contributed by atoms with Gasteiger partial charge >= 0.3 is 0 Å². The first-order valence-corrected chi connectivity index (χ1v) is 9.70. The molecule has 132 valence electrons. The summed E-state index contributed by atoms with van der Waals surface area (Å²) in [6.07, 6.45) is 1.14. The van der Waals surface area contributed by atoms with Crippen LogP contribution in [-0.4, -0.2) is 32.2 Å². The van der Waals surface area contributed by atoms with Crippen LogP contribution in [0.15, 0.2) is 43.2 Å². The summed E-state index contributed by atoms with van der Waals surface area (Å²) in [4.78, 5) is 4.23. The summed E-state index contributed by atoms with van der Waals surface area (Å²) in [5.74, 6) is 0.451. The first-order chi connectivity index (χ1) is 11.6. The van der Waals surface area contributed by atoms with E-state index >= 15 is 0 Å². The minimum Gasteiger partial charge on any atom is -0.412 e. The second-order valence-corrected chi connectivity index (χ2v) is 7.56. The number of aryl methyl sites for hydroxylation is 1. The third kappa shape index (κ3) is 5.18. The molecular weight excluding hydrogens is 431 g/mol. The second kappa shape index (κ2) is 9.18. The van der Waals surface area contributed by atoms with Crippen LogP contribution in [0.4, 0.5) is 4.39 Å².